The molecule has 3 heterocycles. The summed E-state index contributed by atoms with van der Waals surface area (Å²) in [5, 5.41) is 0. The minimum Gasteiger partial charge on any atom is -0.442 e. The number of fused-ring (bicyclic) bond motifs is 3. The molecule has 0 fully saturated rings. The number of rotatable bonds is 3. The van der Waals surface area contributed by atoms with Crippen molar-refractivity contribution >= 4 is 5.57 Å². The Labute approximate surface area is 178 Å². The summed E-state index contributed by atoms with van der Waals surface area (Å²) in [7, 11) is 0. The second kappa shape index (κ2) is 7.24. The van der Waals surface area contributed by atoms with E-state index in [9.17, 15) is 0 Å². The zero-order valence-electron chi connectivity index (χ0n) is 17.9. The fraction of sp³-hybridized carbons (Fsp3) is 0.259. The molecule has 1 aliphatic carbocycles. The maximum absolute atomic E-state index is 6.39. The van der Waals surface area contributed by atoms with Crippen molar-refractivity contribution in [2.24, 2.45) is 0 Å². The predicted molar refractivity (Wildman–Crippen MR) is 121 cm³/mol. The van der Waals surface area contributed by atoms with Crippen LogP contribution in [0.15, 0.2) is 72.1 Å². The summed E-state index contributed by atoms with van der Waals surface area (Å²) in [6.45, 7) is 8.58. The molecule has 0 saturated carbocycles. The van der Waals surface area contributed by atoms with E-state index in [-0.39, 0.29) is 5.92 Å². The number of hydrogen-bond donors (Lipinski definition) is 0. The molecule has 0 radical (unpaired) electrons. The quantitative estimate of drug-likeness (QED) is 0.489. The summed E-state index contributed by atoms with van der Waals surface area (Å²) in [4.78, 5) is 9.53. The van der Waals surface area contributed by atoms with Gasteiger partial charge >= 0.3 is 0 Å². The lowest BCUT2D eigenvalue weighted by Crippen LogP contribution is -2.09. The Balaban J connectivity index is 1.59. The Morgan fingerprint density at radius 1 is 0.967 bits per heavy atom. The molecule has 3 nitrogen and oxygen atoms in total. The van der Waals surface area contributed by atoms with Crippen LogP contribution in [0.25, 0.3) is 16.7 Å². The van der Waals surface area contributed by atoms with E-state index in [1.165, 1.54) is 27.8 Å². The molecule has 150 valence electrons. The monoisotopic (exact) mass is 394 g/mol. The molecule has 0 amide bonds. The normalized spacial score (nSPS) is 17.5. The van der Waals surface area contributed by atoms with E-state index in [4.69, 9.17) is 14.7 Å². The van der Waals surface area contributed by atoms with Crippen molar-refractivity contribution in [1.29, 1.82) is 0 Å². The minimum atomic E-state index is 0.220. The van der Waals surface area contributed by atoms with Crippen molar-refractivity contribution in [3.05, 3.63) is 94.7 Å². The van der Waals surface area contributed by atoms with Crippen LogP contribution in [0, 0.1) is 6.92 Å². The van der Waals surface area contributed by atoms with Crippen LogP contribution in [0.5, 0.6) is 5.88 Å². The molecular weight excluding hydrogens is 368 g/mol. The van der Waals surface area contributed by atoms with Crippen molar-refractivity contribution < 1.29 is 4.74 Å². The lowest BCUT2D eigenvalue weighted by atomic mass is 9.84. The summed E-state index contributed by atoms with van der Waals surface area (Å²) >= 11 is 0. The predicted octanol–water partition coefficient (Wildman–Crippen LogP) is 6.81. The van der Waals surface area contributed by atoms with Gasteiger partial charge in [-0.3, -0.25) is 4.98 Å². The minimum absolute atomic E-state index is 0.220. The first-order valence-corrected chi connectivity index (χ1v) is 10.6. The van der Waals surface area contributed by atoms with E-state index >= 15 is 0 Å². The number of allylic oxidation sites excluding steroid dienone is 4. The lowest BCUT2D eigenvalue weighted by Gasteiger charge is -2.21. The number of pyridine rings is 2. The Morgan fingerprint density at radius 3 is 2.53 bits per heavy atom. The zero-order chi connectivity index (χ0) is 20.8. The second-order valence-corrected chi connectivity index (χ2v) is 8.60. The highest BCUT2D eigenvalue weighted by Crippen LogP contribution is 2.49. The molecule has 2 aromatic heterocycles. The van der Waals surface area contributed by atoms with Gasteiger partial charge in [0.2, 0.25) is 5.88 Å². The van der Waals surface area contributed by atoms with Crippen molar-refractivity contribution in [3.63, 3.8) is 0 Å². The average Bonchev–Trinajstić information content (AvgIpc) is 3.11. The van der Waals surface area contributed by atoms with Crippen molar-refractivity contribution in [2.75, 3.05) is 0 Å². The first-order chi connectivity index (χ1) is 14.5. The third kappa shape index (κ3) is 3.15. The van der Waals surface area contributed by atoms with E-state index in [0.29, 0.717) is 5.92 Å². The van der Waals surface area contributed by atoms with Gasteiger partial charge in [0.05, 0.1) is 11.6 Å². The fourth-order valence-electron chi connectivity index (χ4n) is 4.32. The molecule has 5 rings (SSSR count). The van der Waals surface area contributed by atoms with Gasteiger partial charge in [-0.2, -0.15) is 0 Å². The van der Waals surface area contributed by atoms with Gasteiger partial charge in [0.25, 0.3) is 0 Å². The number of hydrogen-bond acceptors (Lipinski definition) is 3. The smallest absolute Gasteiger partial charge is 0.223 e. The number of ether oxygens (including phenoxy) is 1. The molecule has 1 aliphatic heterocycles. The highest BCUT2D eigenvalue weighted by Gasteiger charge is 2.36. The lowest BCUT2D eigenvalue weighted by molar-refractivity contribution is 0.412. The van der Waals surface area contributed by atoms with Crippen LogP contribution in [0.2, 0.25) is 0 Å². The van der Waals surface area contributed by atoms with Gasteiger partial charge in [0.15, 0.2) is 0 Å². The molecule has 30 heavy (non-hydrogen) atoms. The highest BCUT2D eigenvalue weighted by atomic mass is 16.5. The molecular formula is C27H26N2O. The third-order valence-corrected chi connectivity index (χ3v) is 6.10. The number of aryl methyl sites for hydroxylation is 1. The standard InChI is InChI=1S/C27H26N2O/c1-16(2)23-12-11-22-21-10-7-18(4)25(26(21)30-27(22)29-23)24-15-20(13-14-28-24)19-8-5-17(3)6-9-19/h5-9,11-16,21H,10H2,1-4H3. The van der Waals surface area contributed by atoms with Crippen LogP contribution in [-0.2, 0) is 0 Å². The van der Waals surface area contributed by atoms with Gasteiger partial charge in [-0.15, -0.1) is 0 Å². The summed E-state index contributed by atoms with van der Waals surface area (Å²) in [5.74, 6) is 2.35. The fourth-order valence-corrected chi connectivity index (χ4v) is 4.32. The van der Waals surface area contributed by atoms with E-state index in [1.807, 2.05) is 6.20 Å². The molecule has 0 N–H and O–H groups in total. The maximum atomic E-state index is 6.39. The molecule has 2 aliphatic rings. The third-order valence-electron chi connectivity index (χ3n) is 6.10. The Morgan fingerprint density at radius 2 is 1.77 bits per heavy atom. The molecule has 0 spiro atoms. The van der Waals surface area contributed by atoms with E-state index in [0.717, 1.165) is 35.0 Å². The summed E-state index contributed by atoms with van der Waals surface area (Å²) in [6.07, 6.45) is 5.14. The van der Waals surface area contributed by atoms with Crippen LogP contribution in [0.4, 0.5) is 0 Å². The van der Waals surface area contributed by atoms with Gasteiger partial charge in [0.1, 0.15) is 5.76 Å². The van der Waals surface area contributed by atoms with Gasteiger partial charge in [-0.05, 0) is 61.1 Å². The van der Waals surface area contributed by atoms with Crippen LogP contribution in [0.1, 0.15) is 61.5 Å². The topological polar surface area (TPSA) is 35.0 Å². The van der Waals surface area contributed by atoms with Gasteiger partial charge in [-0.1, -0.05) is 55.8 Å². The maximum Gasteiger partial charge on any atom is 0.223 e. The number of aromatic nitrogens is 2. The van der Waals surface area contributed by atoms with Gasteiger partial charge in [0, 0.05) is 23.0 Å². The molecule has 1 aromatic carbocycles. The Kier molecular flexibility index (Phi) is 4.54. The first-order valence-electron chi connectivity index (χ1n) is 10.6. The molecule has 3 aromatic rings. The van der Waals surface area contributed by atoms with Crippen LogP contribution < -0.4 is 4.74 Å². The summed E-state index contributed by atoms with van der Waals surface area (Å²) in [6, 6.07) is 17.2. The molecule has 3 heteroatoms. The molecule has 1 atom stereocenters. The van der Waals surface area contributed by atoms with Gasteiger partial charge < -0.3 is 4.74 Å². The summed E-state index contributed by atoms with van der Waals surface area (Å²) < 4.78 is 6.39. The zero-order valence-corrected chi connectivity index (χ0v) is 17.9. The Hall–Kier alpha value is -3.20. The SMILES string of the molecule is CC1=CCC2C(=C1c1cc(-c3ccc(C)cc3)ccn1)Oc1nc(C(C)C)ccc12. The van der Waals surface area contributed by atoms with E-state index in [1.54, 1.807) is 0 Å². The van der Waals surface area contributed by atoms with E-state index in [2.05, 4.69) is 82.3 Å². The van der Waals surface area contributed by atoms with E-state index < -0.39 is 0 Å². The number of nitrogens with zero attached hydrogens (tertiary/aromatic N) is 2. The van der Waals surface area contributed by atoms with Gasteiger partial charge in [-0.25, -0.2) is 4.98 Å². The van der Waals surface area contributed by atoms with Crippen LogP contribution in [-0.4, -0.2) is 9.97 Å². The largest absolute Gasteiger partial charge is 0.442 e. The molecule has 0 bridgehead atoms. The van der Waals surface area contributed by atoms with Crippen LogP contribution in [0.3, 0.4) is 0 Å². The summed E-state index contributed by atoms with van der Waals surface area (Å²) in [5.41, 5.74) is 9.15. The Bertz CT molecular complexity index is 1190. The average molecular weight is 395 g/mol. The first kappa shape index (κ1) is 18.8. The molecule has 1 unspecified atom stereocenters. The van der Waals surface area contributed by atoms with Crippen molar-refractivity contribution in [3.8, 4) is 17.0 Å². The molecule has 0 saturated heterocycles. The number of benzene rings is 1. The van der Waals surface area contributed by atoms with Crippen molar-refractivity contribution in [1.82, 2.24) is 9.97 Å². The van der Waals surface area contributed by atoms with Crippen LogP contribution >= 0.6 is 0 Å². The highest BCUT2D eigenvalue weighted by molar-refractivity contribution is 5.83. The van der Waals surface area contributed by atoms with Crippen molar-refractivity contribution in [2.45, 2.75) is 46.0 Å². The second-order valence-electron chi connectivity index (χ2n) is 8.60.